The molecule has 0 atom stereocenters. The Kier molecular flexibility index (Phi) is 4.49. The van der Waals surface area contributed by atoms with Gasteiger partial charge < -0.3 is 5.73 Å². The van der Waals surface area contributed by atoms with E-state index in [-0.39, 0.29) is 34.0 Å². The number of rotatable bonds is 2. The van der Waals surface area contributed by atoms with Crippen LogP contribution in [0, 0.1) is 23.0 Å². The van der Waals surface area contributed by atoms with Crippen LogP contribution in [-0.4, -0.2) is 9.97 Å². The Balaban J connectivity index is 2.27. The highest BCUT2D eigenvalue weighted by atomic mass is 19.4. The predicted octanol–water partition coefficient (Wildman–Crippen LogP) is 4.56. The summed E-state index contributed by atoms with van der Waals surface area (Å²) in [6.07, 6.45) is -4.79. The number of nitrogens with two attached hydrogens (primary N) is 1. The summed E-state index contributed by atoms with van der Waals surface area (Å²) < 4.78 is 66.6. The molecule has 9 heteroatoms. The van der Waals surface area contributed by atoms with Crippen molar-refractivity contribution >= 4 is 5.82 Å². The van der Waals surface area contributed by atoms with E-state index in [0.29, 0.717) is 12.1 Å². The van der Waals surface area contributed by atoms with Crippen molar-refractivity contribution in [3.05, 3.63) is 65.2 Å². The molecule has 0 aliphatic carbocycles. The third kappa shape index (κ3) is 3.55. The largest absolute Gasteiger partial charge is 0.416 e. The van der Waals surface area contributed by atoms with Gasteiger partial charge in [0.1, 0.15) is 29.1 Å². The molecular weight excluding hydrogens is 367 g/mol. The zero-order chi connectivity index (χ0) is 19.8. The van der Waals surface area contributed by atoms with Crippen LogP contribution in [0.4, 0.5) is 27.8 Å². The Morgan fingerprint density at radius 1 is 1.00 bits per heavy atom. The minimum atomic E-state index is -4.79. The van der Waals surface area contributed by atoms with Gasteiger partial charge in [0, 0.05) is 11.1 Å². The van der Waals surface area contributed by atoms with E-state index < -0.39 is 23.4 Å². The van der Waals surface area contributed by atoms with Crippen molar-refractivity contribution in [1.29, 1.82) is 5.26 Å². The molecule has 0 fully saturated rings. The average molecular weight is 376 g/mol. The molecule has 3 rings (SSSR count). The molecule has 0 aliphatic heterocycles. The van der Waals surface area contributed by atoms with Crippen LogP contribution in [0.5, 0.6) is 0 Å². The predicted molar refractivity (Wildman–Crippen MR) is 86.9 cm³/mol. The number of nitriles is 1. The molecule has 0 bridgehead atoms. The number of anilines is 1. The van der Waals surface area contributed by atoms with Gasteiger partial charge >= 0.3 is 6.18 Å². The molecule has 3 aromatic rings. The van der Waals surface area contributed by atoms with Crippen molar-refractivity contribution < 1.29 is 22.0 Å². The monoisotopic (exact) mass is 376 g/mol. The number of hydrogen-bond donors (Lipinski definition) is 1. The van der Waals surface area contributed by atoms with Crippen LogP contribution in [0.25, 0.3) is 22.6 Å². The number of aromatic nitrogens is 2. The molecule has 1 heterocycles. The maximum atomic E-state index is 14.1. The summed E-state index contributed by atoms with van der Waals surface area (Å²) in [7, 11) is 0. The maximum Gasteiger partial charge on any atom is 0.416 e. The van der Waals surface area contributed by atoms with Crippen LogP contribution in [0.3, 0.4) is 0 Å². The molecule has 0 amide bonds. The van der Waals surface area contributed by atoms with E-state index in [2.05, 4.69) is 9.97 Å². The zero-order valence-corrected chi connectivity index (χ0v) is 13.4. The first-order chi connectivity index (χ1) is 12.7. The van der Waals surface area contributed by atoms with Crippen LogP contribution >= 0.6 is 0 Å². The van der Waals surface area contributed by atoms with Crippen LogP contribution in [0.1, 0.15) is 11.1 Å². The molecular formula is C18H9F5N4. The van der Waals surface area contributed by atoms with Crippen molar-refractivity contribution in [2.45, 2.75) is 6.18 Å². The molecule has 0 saturated carbocycles. The molecule has 0 unspecified atom stereocenters. The summed E-state index contributed by atoms with van der Waals surface area (Å²) in [6, 6.07) is 8.87. The van der Waals surface area contributed by atoms with Gasteiger partial charge in [-0.2, -0.15) is 18.4 Å². The van der Waals surface area contributed by atoms with Crippen molar-refractivity contribution in [3.63, 3.8) is 0 Å². The number of nitrogens with zero attached hydrogens (tertiary/aromatic N) is 3. The fraction of sp³-hybridized carbons (Fsp3) is 0.0556. The molecule has 4 nitrogen and oxygen atoms in total. The second-order valence-corrected chi connectivity index (χ2v) is 5.47. The average Bonchev–Trinajstić information content (AvgIpc) is 2.60. The number of halogens is 5. The summed E-state index contributed by atoms with van der Waals surface area (Å²) in [5.74, 6) is -2.60. The van der Waals surface area contributed by atoms with Crippen LogP contribution < -0.4 is 5.73 Å². The Morgan fingerprint density at radius 2 is 1.70 bits per heavy atom. The van der Waals surface area contributed by atoms with Crippen LogP contribution in [-0.2, 0) is 6.18 Å². The molecule has 0 spiro atoms. The lowest BCUT2D eigenvalue weighted by atomic mass is 10.0. The lowest BCUT2D eigenvalue weighted by Gasteiger charge is -2.12. The molecule has 0 radical (unpaired) electrons. The smallest absolute Gasteiger partial charge is 0.382 e. The van der Waals surface area contributed by atoms with E-state index in [4.69, 9.17) is 5.73 Å². The molecule has 1 aromatic heterocycles. The highest BCUT2D eigenvalue weighted by Gasteiger charge is 2.32. The van der Waals surface area contributed by atoms with Crippen molar-refractivity contribution in [1.82, 2.24) is 9.97 Å². The third-order valence-electron chi connectivity index (χ3n) is 3.66. The highest BCUT2D eigenvalue weighted by molar-refractivity contribution is 5.75. The highest BCUT2D eigenvalue weighted by Crippen LogP contribution is 2.34. The van der Waals surface area contributed by atoms with Gasteiger partial charge in [-0.1, -0.05) is 12.1 Å². The molecule has 27 heavy (non-hydrogen) atoms. The summed E-state index contributed by atoms with van der Waals surface area (Å²) in [4.78, 5) is 7.76. The van der Waals surface area contributed by atoms with Gasteiger partial charge in [-0.05, 0) is 30.3 Å². The Bertz CT molecular complexity index is 1070. The van der Waals surface area contributed by atoms with Crippen molar-refractivity contribution in [2.75, 3.05) is 5.73 Å². The summed E-state index contributed by atoms with van der Waals surface area (Å²) in [5, 5.41) is 9.27. The topological polar surface area (TPSA) is 75.6 Å². The van der Waals surface area contributed by atoms with Gasteiger partial charge in [0.05, 0.1) is 11.3 Å². The van der Waals surface area contributed by atoms with Gasteiger partial charge in [-0.15, -0.1) is 0 Å². The van der Waals surface area contributed by atoms with E-state index in [1.807, 2.05) is 0 Å². The number of nitrogen functional groups attached to an aromatic ring is 1. The third-order valence-corrected chi connectivity index (χ3v) is 3.66. The minimum Gasteiger partial charge on any atom is -0.382 e. The van der Waals surface area contributed by atoms with Crippen molar-refractivity contribution in [3.8, 4) is 28.7 Å². The lowest BCUT2D eigenvalue weighted by molar-refractivity contribution is -0.137. The molecule has 2 aromatic carbocycles. The maximum absolute atomic E-state index is 14.1. The second-order valence-electron chi connectivity index (χ2n) is 5.47. The molecule has 0 aliphatic rings. The quantitative estimate of drug-likeness (QED) is 0.665. The van der Waals surface area contributed by atoms with Gasteiger partial charge in [-0.3, -0.25) is 0 Å². The lowest BCUT2D eigenvalue weighted by Crippen LogP contribution is -2.07. The second kappa shape index (κ2) is 6.64. The Morgan fingerprint density at radius 3 is 2.33 bits per heavy atom. The first-order valence-electron chi connectivity index (χ1n) is 7.41. The number of benzene rings is 2. The molecule has 0 saturated heterocycles. The van der Waals surface area contributed by atoms with Gasteiger partial charge in [0.25, 0.3) is 0 Å². The SMILES string of the molecule is N#Cc1c(N)nc(-c2cc(F)cc(C(F)(F)F)c2)nc1-c1ccccc1F. The normalized spacial score (nSPS) is 11.3. The van der Waals surface area contributed by atoms with E-state index in [9.17, 15) is 27.2 Å². The summed E-state index contributed by atoms with van der Waals surface area (Å²) >= 11 is 0. The van der Waals surface area contributed by atoms with E-state index in [1.54, 1.807) is 6.07 Å². The molecule has 2 N–H and O–H groups in total. The minimum absolute atomic E-state index is 0.0863. The summed E-state index contributed by atoms with van der Waals surface area (Å²) in [6.45, 7) is 0. The standard InChI is InChI=1S/C18H9F5N4/c19-11-6-9(5-10(7-11)18(21,22)23)17-26-15(13(8-24)16(25)27-17)12-3-1-2-4-14(12)20/h1-7H,(H2,25,26,27). The van der Waals surface area contributed by atoms with Gasteiger partial charge in [0.2, 0.25) is 0 Å². The fourth-order valence-corrected chi connectivity index (χ4v) is 2.45. The Hall–Kier alpha value is -3.54. The zero-order valence-electron chi connectivity index (χ0n) is 13.4. The van der Waals surface area contributed by atoms with E-state index in [0.717, 1.165) is 12.1 Å². The van der Waals surface area contributed by atoms with Crippen LogP contribution in [0.2, 0.25) is 0 Å². The van der Waals surface area contributed by atoms with Crippen molar-refractivity contribution in [2.24, 2.45) is 0 Å². The number of hydrogen-bond acceptors (Lipinski definition) is 4. The van der Waals surface area contributed by atoms with Gasteiger partial charge in [-0.25, -0.2) is 18.7 Å². The molecule has 136 valence electrons. The van der Waals surface area contributed by atoms with Crippen LogP contribution in [0.15, 0.2) is 42.5 Å². The first-order valence-corrected chi connectivity index (χ1v) is 7.41. The fourth-order valence-electron chi connectivity index (χ4n) is 2.45. The van der Waals surface area contributed by atoms with E-state index in [1.165, 1.54) is 18.2 Å². The Labute approximate surface area is 149 Å². The number of alkyl halides is 3. The van der Waals surface area contributed by atoms with E-state index >= 15 is 0 Å². The summed E-state index contributed by atoms with van der Waals surface area (Å²) in [5.41, 5.74) is 3.63. The van der Waals surface area contributed by atoms with Gasteiger partial charge in [0.15, 0.2) is 5.82 Å². The first kappa shape index (κ1) is 18.3.